The van der Waals surface area contributed by atoms with E-state index in [0.29, 0.717) is 5.92 Å². The smallest absolute Gasteiger partial charge is 0.0725 e. The normalized spacial score (nSPS) is 43.0. The van der Waals surface area contributed by atoms with Crippen LogP contribution in [0, 0.1) is 11.3 Å². The summed E-state index contributed by atoms with van der Waals surface area (Å²) >= 11 is 0. The third-order valence-electron chi connectivity index (χ3n) is 2.57. The van der Waals surface area contributed by atoms with E-state index in [0.717, 1.165) is 6.42 Å². The molecule has 0 aliphatic heterocycles. The molecule has 0 unspecified atom stereocenters. The quantitative estimate of drug-likeness (QED) is 0.527. The Morgan fingerprint density at radius 2 is 1.78 bits per heavy atom. The minimum atomic E-state index is -0.354. The van der Waals surface area contributed by atoms with Crippen LogP contribution in [0.25, 0.3) is 0 Å². The maximum absolute atomic E-state index is 9.73. The molecule has 1 saturated carbocycles. The number of rotatable bonds is 0. The fraction of sp³-hybridized carbons (Fsp3) is 1.00. The minimum Gasteiger partial charge on any atom is -0.389 e. The van der Waals surface area contributed by atoms with Crippen LogP contribution in [-0.4, -0.2) is 10.7 Å². The van der Waals surface area contributed by atoms with E-state index in [9.17, 15) is 5.11 Å². The summed E-state index contributed by atoms with van der Waals surface area (Å²) in [6.45, 7) is 8.38. The zero-order valence-electron chi connectivity index (χ0n) is 6.73. The first kappa shape index (κ1) is 7.07. The van der Waals surface area contributed by atoms with E-state index in [4.69, 9.17) is 0 Å². The third kappa shape index (κ3) is 0.877. The molecule has 0 aromatic heterocycles. The van der Waals surface area contributed by atoms with Crippen LogP contribution in [0.2, 0.25) is 0 Å². The van der Waals surface area contributed by atoms with Crippen LogP contribution in [0.5, 0.6) is 0 Å². The fourth-order valence-corrected chi connectivity index (χ4v) is 1.45. The van der Waals surface area contributed by atoms with Gasteiger partial charge in [0, 0.05) is 0 Å². The molecule has 0 bridgehead atoms. The Bertz CT molecular complexity index is 123. The maximum atomic E-state index is 9.73. The molecule has 1 fully saturated rings. The van der Waals surface area contributed by atoms with Crippen molar-refractivity contribution in [2.24, 2.45) is 11.3 Å². The van der Waals surface area contributed by atoms with Crippen molar-refractivity contribution in [3.8, 4) is 0 Å². The molecule has 1 heteroatoms. The van der Waals surface area contributed by atoms with Crippen LogP contribution in [0.4, 0.5) is 0 Å². The zero-order chi connectivity index (χ0) is 7.28. The summed E-state index contributed by atoms with van der Waals surface area (Å²) in [4.78, 5) is 0. The SMILES string of the molecule is C[C@H]1C[C@]1(O)C(C)(C)C. The molecular weight excluding hydrogens is 112 g/mol. The number of hydrogen-bond acceptors (Lipinski definition) is 1. The van der Waals surface area contributed by atoms with Crippen molar-refractivity contribution in [1.29, 1.82) is 0 Å². The molecule has 1 N–H and O–H groups in total. The van der Waals surface area contributed by atoms with Crippen molar-refractivity contribution in [1.82, 2.24) is 0 Å². The maximum Gasteiger partial charge on any atom is 0.0725 e. The van der Waals surface area contributed by atoms with Gasteiger partial charge >= 0.3 is 0 Å². The van der Waals surface area contributed by atoms with E-state index in [2.05, 4.69) is 27.7 Å². The first-order valence-corrected chi connectivity index (χ1v) is 3.60. The highest BCUT2D eigenvalue weighted by Crippen LogP contribution is 2.54. The van der Waals surface area contributed by atoms with Gasteiger partial charge in [0.15, 0.2) is 0 Å². The van der Waals surface area contributed by atoms with Gasteiger partial charge in [0.25, 0.3) is 0 Å². The highest BCUT2D eigenvalue weighted by molar-refractivity contribution is 5.08. The molecule has 1 aliphatic carbocycles. The van der Waals surface area contributed by atoms with Crippen molar-refractivity contribution >= 4 is 0 Å². The Balaban J connectivity index is 2.64. The second-order valence-corrected chi connectivity index (χ2v) is 4.28. The largest absolute Gasteiger partial charge is 0.389 e. The van der Waals surface area contributed by atoms with Gasteiger partial charge in [-0.2, -0.15) is 0 Å². The molecule has 0 radical (unpaired) electrons. The standard InChI is InChI=1S/C8H16O/c1-6-5-8(6,9)7(2,3)4/h6,9H,5H2,1-4H3/t6-,8+/m0/s1. The van der Waals surface area contributed by atoms with E-state index in [1.165, 1.54) is 0 Å². The van der Waals surface area contributed by atoms with Crippen molar-refractivity contribution in [2.45, 2.75) is 39.7 Å². The Hall–Kier alpha value is -0.0400. The lowest BCUT2D eigenvalue weighted by atomic mass is 9.85. The van der Waals surface area contributed by atoms with Gasteiger partial charge < -0.3 is 5.11 Å². The molecule has 1 nitrogen and oxygen atoms in total. The summed E-state index contributed by atoms with van der Waals surface area (Å²) in [6.07, 6.45) is 0.983. The van der Waals surface area contributed by atoms with Gasteiger partial charge in [0.1, 0.15) is 0 Å². The third-order valence-corrected chi connectivity index (χ3v) is 2.57. The molecule has 2 atom stereocenters. The molecule has 1 rings (SSSR count). The van der Waals surface area contributed by atoms with E-state index in [1.54, 1.807) is 0 Å². The van der Waals surface area contributed by atoms with Crippen molar-refractivity contribution in [3.05, 3.63) is 0 Å². The lowest BCUT2D eigenvalue weighted by Crippen LogP contribution is -2.29. The van der Waals surface area contributed by atoms with Crippen LogP contribution in [0.15, 0.2) is 0 Å². The monoisotopic (exact) mass is 128 g/mol. The fourth-order valence-electron chi connectivity index (χ4n) is 1.45. The molecule has 1 aliphatic rings. The zero-order valence-corrected chi connectivity index (χ0v) is 6.73. The van der Waals surface area contributed by atoms with E-state index in [-0.39, 0.29) is 11.0 Å². The van der Waals surface area contributed by atoms with Gasteiger partial charge in [0.05, 0.1) is 5.60 Å². The van der Waals surface area contributed by atoms with Crippen LogP contribution in [0.1, 0.15) is 34.1 Å². The lowest BCUT2D eigenvalue weighted by Gasteiger charge is -2.26. The summed E-state index contributed by atoms with van der Waals surface area (Å²) in [6, 6.07) is 0. The summed E-state index contributed by atoms with van der Waals surface area (Å²) in [7, 11) is 0. The number of aliphatic hydroxyl groups is 1. The average molecular weight is 128 g/mol. The molecular formula is C8H16O. The van der Waals surface area contributed by atoms with Gasteiger partial charge in [-0.15, -0.1) is 0 Å². The van der Waals surface area contributed by atoms with Gasteiger partial charge in [-0.05, 0) is 17.8 Å². The number of hydrogen-bond donors (Lipinski definition) is 1. The van der Waals surface area contributed by atoms with Gasteiger partial charge in [0.2, 0.25) is 0 Å². The summed E-state index contributed by atoms with van der Waals surface area (Å²) in [5.74, 6) is 0.512. The highest BCUT2D eigenvalue weighted by Gasteiger charge is 2.57. The molecule has 0 aromatic rings. The van der Waals surface area contributed by atoms with Gasteiger partial charge in [-0.25, -0.2) is 0 Å². The van der Waals surface area contributed by atoms with Gasteiger partial charge in [-0.1, -0.05) is 27.7 Å². The van der Waals surface area contributed by atoms with Crippen LogP contribution >= 0.6 is 0 Å². The average Bonchev–Trinajstić information content (AvgIpc) is 2.13. The highest BCUT2D eigenvalue weighted by atomic mass is 16.3. The van der Waals surface area contributed by atoms with E-state index < -0.39 is 0 Å². The van der Waals surface area contributed by atoms with Crippen LogP contribution in [0.3, 0.4) is 0 Å². The van der Waals surface area contributed by atoms with Crippen molar-refractivity contribution in [2.75, 3.05) is 0 Å². The Morgan fingerprint density at radius 1 is 1.44 bits per heavy atom. The van der Waals surface area contributed by atoms with Crippen molar-refractivity contribution < 1.29 is 5.11 Å². The van der Waals surface area contributed by atoms with E-state index >= 15 is 0 Å². The second-order valence-electron chi connectivity index (χ2n) is 4.28. The summed E-state index contributed by atoms with van der Waals surface area (Å²) in [5, 5.41) is 9.73. The van der Waals surface area contributed by atoms with Crippen molar-refractivity contribution in [3.63, 3.8) is 0 Å². The summed E-state index contributed by atoms with van der Waals surface area (Å²) < 4.78 is 0. The summed E-state index contributed by atoms with van der Waals surface area (Å²) in [5.41, 5.74) is -0.278. The lowest BCUT2D eigenvalue weighted by molar-refractivity contribution is 0.0241. The van der Waals surface area contributed by atoms with E-state index in [1.807, 2.05) is 0 Å². The topological polar surface area (TPSA) is 20.2 Å². The molecule has 0 spiro atoms. The first-order chi connectivity index (χ1) is 3.88. The predicted molar refractivity (Wildman–Crippen MR) is 38.2 cm³/mol. The first-order valence-electron chi connectivity index (χ1n) is 3.60. The van der Waals surface area contributed by atoms with Crippen LogP contribution < -0.4 is 0 Å². The van der Waals surface area contributed by atoms with Gasteiger partial charge in [-0.3, -0.25) is 0 Å². The molecule has 0 heterocycles. The molecule has 54 valence electrons. The second kappa shape index (κ2) is 1.51. The Labute approximate surface area is 57.1 Å². The molecule has 0 amide bonds. The molecule has 0 aromatic carbocycles. The van der Waals surface area contributed by atoms with Crippen LogP contribution in [-0.2, 0) is 0 Å². The Kier molecular flexibility index (Phi) is 1.19. The predicted octanol–water partition coefficient (Wildman–Crippen LogP) is 1.80. The minimum absolute atomic E-state index is 0.0758. The molecule has 0 saturated heterocycles. The molecule has 9 heavy (non-hydrogen) atoms. The Morgan fingerprint density at radius 3 is 1.78 bits per heavy atom.